The molecule has 0 saturated carbocycles. The van der Waals surface area contributed by atoms with Gasteiger partial charge in [0.25, 0.3) is 0 Å². The van der Waals surface area contributed by atoms with Crippen LogP contribution in [0.4, 0.5) is 0 Å². The van der Waals surface area contributed by atoms with E-state index >= 15 is 0 Å². The number of aliphatic hydroxyl groups is 2. The first kappa shape index (κ1) is 39.4. The van der Waals surface area contributed by atoms with E-state index in [1.807, 2.05) is 0 Å². The lowest BCUT2D eigenvalue weighted by molar-refractivity contribution is -0.152. The molecular formula is C32H50N8O11. The molecule has 4 fully saturated rings. The molecular weight excluding hydrogens is 672 g/mol. The molecule has 0 aromatic carbocycles. The molecule has 4 aliphatic heterocycles. The maximum Gasteiger partial charge on any atom is 0.326 e. The predicted octanol–water partition coefficient (Wildman–Crippen LogP) is -4.24. The molecule has 8 N–H and O–H groups in total. The second kappa shape index (κ2) is 17.7. The largest absolute Gasteiger partial charge is 0.480 e. The SMILES string of the molecule is C[C@H](NC(=O)[C@@H]1CCCN1C(=O)[C@@H]1CCCN1)C(=O)NCC(=O)N[C@H](C(=O)N[C@@H](CO)C(=O)N1CCC[C@H]1C(=O)N1CCC[C@H]1C(=O)O)[C@@H](C)O. The fourth-order valence-corrected chi connectivity index (χ4v) is 7.14. The molecule has 8 atom stereocenters. The lowest BCUT2D eigenvalue weighted by Gasteiger charge is -2.32. The highest BCUT2D eigenvalue weighted by atomic mass is 16.4. The molecule has 0 bridgehead atoms. The number of hydrogen-bond donors (Lipinski definition) is 8. The van der Waals surface area contributed by atoms with E-state index in [1.165, 1.54) is 28.5 Å². The summed E-state index contributed by atoms with van der Waals surface area (Å²) < 4.78 is 0. The van der Waals surface area contributed by atoms with Gasteiger partial charge in [-0.15, -0.1) is 0 Å². The van der Waals surface area contributed by atoms with Gasteiger partial charge in [0, 0.05) is 19.6 Å². The number of aliphatic carboxylic acids is 1. The van der Waals surface area contributed by atoms with Crippen molar-refractivity contribution in [1.29, 1.82) is 0 Å². The number of carbonyl (C=O) groups excluding carboxylic acids is 7. The lowest BCUT2D eigenvalue weighted by Crippen LogP contribution is -2.60. The molecule has 51 heavy (non-hydrogen) atoms. The summed E-state index contributed by atoms with van der Waals surface area (Å²) in [6.45, 7) is 2.66. The van der Waals surface area contributed by atoms with Crippen molar-refractivity contribution in [3.63, 3.8) is 0 Å². The number of carbonyl (C=O) groups is 8. The summed E-state index contributed by atoms with van der Waals surface area (Å²) in [5.74, 6) is -5.69. The summed E-state index contributed by atoms with van der Waals surface area (Å²) in [6.07, 6.45) is 2.71. The van der Waals surface area contributed by atoms with Gasteiger partial charge in [0.2, 0.25) is 41.4 Å². The Morgan fingerprint density at radius 1 is 0.745 bits per heavy atom. The summed E-state index contributed by atoms with van der Waals surface area (Å²) in [7, 11) is 0. The van der Waals surface area contributed by atoms with Gasteiger partial charge in [-0.25, -0.2) is 4.79 Å². The van der Waals surface area contributed by atoms with E-state index in [4.69, 9.17) is 0 Å². The Labute approximate surface area is 295 Å². The van der Waals surface area contributed by atoms with Crippen molar-refractivity contribution in [2.75, 3.05) is 39.3 Å². The third kappa shape index (κ3) is 9.50. The van der Waals surface area contributed by atoms with Gasteiger partial charge in [-0.3, -0.25) is 33.6 Å². The van der Waals surface area contributed by atoms with Gasteiger partial charge in [-0.1, -0.05) is 0 Å². The zero-order chi connectivity index (χ0) is 37.4. The maximum absolute atomic E-state index is 13.4. The fraction of sp³-hybridized carbons (Fsp3) is 0.750. The van der Waals surface area contributed by atoms with Crippen LogP contribution >= 0.6 is 0 Å². The summed E-state index contributed by atoms with van der Waals surface area (Å²) in [4.78, 5) is 107. The number of rotatable bonds is 14. The van der Waals surface area contributed by atoms with Crippen LogP contribution in [0, 0.1) is 0 Å². The van der Waals surface area contributed by atoms with Gasteiger partial charge in [0.1, 0.15) is 36.3 Å². The Balaban J connectivity index is 1.26. The highest BCUT2D eigenvalue weighted by molar-refractivity contribution is 5.97. The van der Waals surface area contributed by atoms with E-state index in [1.54, 1.807) is 0 Å². The molecule has 0 aromatic heterocycles. The summed E-state index contributed by atoms with van der Waals surface area (Å²) in [5.41, 5.74) is 0. The average molecular weight is 723 g/mol. The average Bonchev–Trinajstić information content (AvgIpc) is 3.93. The first-order valence-corrected chi connectivity index (χ1v) is 17.6. The van der Waals surface area contributed by atoms with E-state index in [9.17, 15) is 53.7 Å². The van der Waals surface area contributed by atoms with Crippen LogP contribution in [0.1, 0.15) is 65.2 Å². The molecule has 4 heterocycles. The van der Waals surface area contributed by atoms with Crippen molar-refractivity contribution >= 4 is 47.3 Å². The van der Waals surface area contributed by atoms with Crippen LogP contribution in [0.3, 0.4) is 0 Å². The number of aliphatic hydroxyl groups excluding tert-OH is 2. The van der Waals surface area contributed by atoms with Gasteiger partial charge in [0.15, 0.2) is 0 Å². The molecule has 19 nitrogen and oxygen atoms in total. The second-order valence-electron chi connectivity index (χ2n) is 13.5. The zero-order valence-electron chi connectivity index (χ0n) is 29.0. The second-order valence-corrected chi connectivity index (χ2v) is 13.5. The molecule has 4 aliphatic rings. The highest BCUT2D eigenvalue weighted by Gasteiger charge is 2.44. The number of carboxylic acids is 1. The summed E-state index contributed by atoms with van der Waals surface area (Å²) >= 11 is 0. The molecule has 0 radical (unpaired) electrons. The van der Waals surface area contributed by atoms with Gasteiger partial charge in [0.05, 0.1) is 25.3 Å². The van der Waals surface area contributed by atoms with Gasteiger partial charge < -0.3 is 56.6 Å². The van der Waals surface area contributed by atoms with Crippen molar-refractivity contribution in [1.82, 2.24) is 41.3 Å². The number of hydrogen-bond acceptors (Lipinski definition) is 11. The van der Waals surface area contributed by atoms with Crippen molar-refractivity contribution in [2.45, 2.75) is 114 Å². The van der Waals surface area contributed by atoms with Crippen molar-refractivity contribution in [3.8, 4) is 0 Å². The van der Waals surface area contributed by atoms with E-state index in [2.05, 4.69) is 26.6 Å². The standard InChI is InChI=1S/C32H50N8O11/c1-17(35-27(45)21-8-4-12-38(21)29(47)19-7-3-11-33-19)26(44)34-15-24(43)37-25(18(2)42)28(46)36-20(16-41)30(48)39-13-5-9-22(39)31(49)40-14-6-10-23(40)32(50)51/h17-23,25,33,41-42H,3-16H2,1-2H3,(H,34,44)(H,35,45)(H,36,46)(H,37,43)(H,50,51)/t17-,18+,19-,20-,21-,22-,23-,25-/m0/s1. The number of carboxylic acid groups (broad SMARTS) is 1. The lowest BCUT2D eigenvalue weighted by atomic mass is 10.1. The number of likely N-dealkylation sites (tertiary alicyclic amines) is 3. The van der Waals surface area contributed by atoms with E-state index in [0.29, 0.717) is 45.1 Å². The van der Waals surface area contributed by atoms with Crippen LogP contribution < -0.4 is 26.6 Å². The Morgan fingerprint density at radius 2 is 1.35 bits per heavy atom. The minimum absolute atomic E-state index is 0.136. The van der Waals surface area contributed by atoms with E-state index in [-0.39, 0.29) is 31.5 Å². The molecule has 19 heteroatoms. The van der Waals surface area contributed by atoms with Gasteiger partial charge >= 0.3 is 5.97 Å². The smallest absolute Gasteiger partial charge is 0.326 e. The maximum atomic E-state index is 13.4. The quantitative estimate of drug-likeness (QED) is 0.0848. The molecule has 7 amide bonds. The molecule has 4 saturated heterocycles. The Kier molecular flexibility index (Phi) is 13.7. The number of amides is 7. The Bertz CT molecular complexity index is 1360. The topological polar surface area (TPSA) is 267 Å². The highest BCUT2D eigenvalue weighted by Crippen LogP contribution is 2.26. The first-order chi connectivity index (χ1) is 24.2. The summed E-state index contributed by atoms with van der Waals surface area (Å²) in [5, 5.41) is 42.4. The van der Waals surface area contributed by atoms with Gasteiger partial charge in [-0.05, 0) is 71.8 Å². The Morgan fingerprint density at radius 3 is 1.94 bits per heavy atom. The first-order valence-electron chi connectivity index (χ1n) is 17.6. The van der Waals surface area contributed by atoms with E-state index < -0.39 is 96.9 Å². The Hall–Kier alpha value is -4.36. The van der Waals surface area contributed by atoms with Crippen LogP contribution in [-0.4, -0.2) is 165 Å². The number of nitrogens with one attached hydrogen (secondary N) is 5. The van der Waals surface area contributed by atoms with Crippen LogP contribution in [0.5, 0.6) is 0 Å². The monoisotopic (exact) mass is 722 g/mol. The molecule has 284 valence electrons. The van der Waals surface area contributed by atoms with Gasteiger partial charge in [-0.2, -0.15) is 0 Å². The summed E-state index contributed by atoms with van der Waals surface area (Å²) in [6, 6.07) is -7.23. The molecule has 4 rings (SSSR count). The number of nitrogens with zero attached hydrogens (tertiary/aromatic N) is 3. The normalized spacial score (nSPS) is 25.5. The minimum atomic E-state index is -1.61. The third-order valence-electron chi connectivity index (χ3n) is 9.89. The minimum Gasteiger partial charge on any atom is -0.480 e. The fourth-order valence-electron chi connectivity index (χ4n) is 7.14. The predicted molar refractivity (Wildman–Crippen MR) is 176 cm³/mol. The van der Waals surface area contributed by atoms with Crippen LogP contribution in [0.2, 0.25) is 0 Å². The third-order valence-corrected chi connectivity index (χ3v) is 9.89. The van der Waals surface area contributed by atoms with Crippen LogP contribution in [-0.2, 0) is 38.4 Å². The van der Waals surface area contributed by atoms with Crippen molar-refractivity contribution < 1.29 is 53.7 Å². The van der Waals surface area contributed by atoms with Crippen molar-refractivity contribution in [2.24, 2.45) is 0 Å². The molecule has 0 aromatic rings. The van der Waals surface area contributed by atoms with Crippen LogP contribution in [0.15, 0.2) is 0 Å². The van der Waals surface area contributed by atoms with E-state index in [0.717, 1.165) is 13.0 Å². The molecule has 0 spiro atoms. The van der Waals surface area contributed by atoms with Crippen LogP contribution in [0.25, 0.3) is 0 Å². The zero-order valence-corrected chi connectivity index (χ0v) is 29.0. The molecule has 0 unspecified atom stereocenters. The van der Waals surface area contributed by atoms with Crippen molar-refractivity contribution in [3.05, 3.63) is 0 Å². The molecule has 0 aliphatic carbocycles.